The zero-order valence-corrected chi connectivity index (χ0v) is 6.52. The molecular weight excluding hydrogens is 108 g/mol. The number of ether oxygens (including phenoxy) is 1. The van der Waals surface area contributed by atoms with Crippen LogP contribution in [0.25, 0.3) is 0 Å². The standard InChI is InChI=1S/C4H10O2Si/c7-6-4-2-1-3-5-4/h4H,1-3H2,7H3. The minimum Gasteiger partial charge on any atom is -0.404 e. The fourth-order valence-corrected chi connectivity index (χ4v) is 1.11. The summed E-state index contributed by atoms with van der Waals surface area (Å²) in [4.78, 5) is 0. The predicted octanol–water partition coefficient (Wildman–Crippen LogP) is -0.580. The van der Waals surface area contributed by atoms with Crippen molar-refractivity contribution in [1.29, 1.82) is 0 Å². The molecule has 1 aliphatic heterocycles. The molecule has 0 amide bonds. The first-order chi connectivity index (χ1) is 3.43. The van der Waals surface area contributed by atoms with Gasteiger partial charge in [0.25, 0.3) is 0 Å². The van der Waals surface area contributed by atoms with Crippen molar-refractivity contribution in [3.05, 3.63) is 0 Å². The fraction of sp³-hybridized carbons (Fsp3) is 1.00. The lowest BCUT2D eigenvalue weighted by atomic mass is 10.4. The molecular formula is C4H10O2Si. The summed E-state index contributed by atoms with van der Waals surface area (Å²) >= 11 is 0. The van der Waals surface area contributed by atoms with Crippen molar-refractivity contribution < 1.29 is 9.16 Å². The molecule has 0 aliphatic carbocycles. The quantitative estimate of drug-likeness (QED) is 0.429. The number of rotatable bonds is 1. The highest BCUT2D eigenvalue weighted by Crippen LogP contribution is 2.10. The highest BCUT2D eigenvalue weighted by atomic mass is 28.2. The van der Waals surface area contributed by atoms with Gasteiger partial charge in [-0.2, -0.15) is 0 Å². The largest absolute Gasteiger partial charge is 0.404 e. The molecule has 0 saturated carbocycles. The van der Waals surface area contributed by atoms with Crippen molar-refractivity contribution >= 4 is 10.5 Å². The van der Waals surface area contributed by atoms with Crippen LogP contribution in [0.15, 0.2) is 0 Å². The second kappa shape index (κ2) is 2.45. The molecule has 1 fully saturated rings. The maximum Gasteiger partial charge on any atom is 0.149 e. The van der Waals surface area contributed by atoms with E-state index < -0.39 is 0 Å². The molecule has 7 heavy (non-hydrogen) atoms. The zero-order valence-electron chi connectivity index (χ0n) is 4.52. The Morgan fingerprint density at radius 2 is 2.57 bits per heavy atom. The van der Waals surface area contributed by atoms with E-state index in [9.17, 15) is 0 Å². The predicted molar refractivity (Wildman–Crippen MR) is 30.0 cm³/mol. The van der Waals surface area contributed by atoms with Crippen LogP contribution in [0.5, 0.6) is 0 Å². The normalized spacial score (nSPS) is 31.7. The smallest absolute Gasteiger partial charge is 0.149 e. The van der Waals surface area contributed by atoms with Crippen molar-refractivity contribution in [2.45, 2.75) is 19.1 Å². The summed E-state index contributed by atoms with van der Waals surface area (Å²) in [6.45, 7) is 0.896. The molecule has 0 spiro atoms. The maximum atomic E-state index is 5.11. The first-order valence-corrected chi connectivity index (χ1v) is 3.39. The SMILES string of the molecule is [SiH3]OC1CCCO1. The van der Waals surface area contributed by atoms with E-state index in [2.05, 4.69) is 0 Å². The van der Waals surface area contributed by atoms with E-state index in [-0.39, 0.29) is 6.29 Å². The molecule has 3 heteroatoms. The molecule has 1 unspecified atom stereocenters. The first-order valence-electron chi connectivity index (χ1n) is 2.58. The van der Waals surface area contributed by atoms with Gasteiger partial charge in [-0.15, -0.1) is 0 Å². The summed E-state index contributed by atoms with van der Waals surface area (Å²) in [5.41, 5.74) is 0. The van der Waals surface area contributed by atoms with Crippen LogP contribution in [0.3, 0.4) is 0 Å². The van der Waals surface area contributed by atoms with Crippen LogP contribution in [-0.4, -0.2) is 23.4 Å². The summed E-state index contributed by atoms with van der Waals surface area (Å²) in [7, 11) is 0.807. The Kier molecular flexibility index (Phi) is 1.84. The maximum absolute atomic E-state index is 5.11. The minimum absolute atomic E-state index is 0.159. The van der Waals surface area contributed by atoms with E-state index >= 15 is 0 Å². The van der Waals surface area contributed by atoms with Gasteiger partial charge in [-0.05, 0) is 12.8 Å². The summed E-state index contributed by atoms with van der Waals surface area (Å²) in [6, 6.07) is 0. The van der Waals surface area contributed by atoms with E-state index in [0.29, 0.717) is 0 Å². The highest BCUT2D eigenvalue weighted by molar-refractivity contribution is 5.98. The summed E-state index contributed by atoms with van der Waals surface area (Å²) < 4.78 is 10.1. The highest BCUT2D eigenvalue weighted by Gasteiger charge is 2.11. The summed E-state index contributed by atoms with van der Waals surface area (Å²) in [5.74, 6) is 0. The molecule has 1 rings (SSSR count). The molecule has 1 aliphatic rings. The van der Waals surface area contributed by atoms with Crippen LogP contribution < -0.4 is 0 Å². The van der Waals surface area contributed by atoms with Crippen molar-refractivity contribution in [3.8, 4) is 0 Å². The van der Waals surface area contributed by atoms with Gasteiger partial charge in [0.1, 0.15) is 16.8 Å². The fourth-order valence-electron chi connectivity index (χ4n) is 0.734. The minimum atomic E-state index is 0.159. The van der Waals surface area contributed by atoms with Crippen molar-refractivity contribution in [3.63, 3.8) is 0 Å². The third-order valence-corrected chi connectivity index (χ3v) is 1.68. The lowest BCUT2D eigenvalue weighted by Gasteiger charge is -2.04. The van der Waals surface area contributed by atoms with E-state index in [4.69, 9.17) is 9.16 Å². The number of hydrogen-bond donors (Lipinski definition) is 0. The van der Waals surface area contributed by atoms with E-state index in [0.717, 1.165) is 23.5 Å². The van der Waals surface area contributed by atoms with E-state index in [1.54, 1.807) is 0 Å². The van der Waals surface area contributed by atoms with Crippen molar-refractivity contribution in [1.82, 2.24) is 0 Å². The summed E-state index contributed by atoms with van der Waals surface area (Å²) in [6.07, 6.45) is 2.43. The van der Waals surface area contributed by atoms with E-state index in [1.807, 2.05) is 0 Å². The molecule has 1 heterocycles. The Hall–Kier alpha value is 0.137. The van der Waals surface area contributed by atoms with Gasteiger partial charge in [0.2, 0.25) is 0 Å². The average molecular weight is 118 g/mol. The van der Waals surface area contributed by atoms with Gasteiger partial charge in [0.15, 0.2) is 0 Å². The molecule has 0 aromatic carbocycles. The van der Waals surface area contributed by atoms with Gasteiger partial charge in [0, 0.05) is 6.61 Å². The molecule has 1 saturated heterocycles. The first kappa shape index (κ1) is 5.28. The third kappa shape index (κ3) is 1.26. The van der Waals surface area contributed by atoms with Crippen LogP contribution in [0.2, 0.25) is 0 Å². The molecule has 0 bridgehead atoms. The van der Waals surface area contributed by atoms with E-state index in [1.165, 1.54) is 6.42 Å². The van der Waals surface area contributed by atoms with Gasteiger partial charge < -0.3 is 9.16 Å². The van der Waals surface area contributed by atoms with Gasteiger partial charge in [0.05, 0.1) is 0 Å². The van der Waals surface area contributed by atoms with Crippen molar-refractivity contribution in [2.24, 2.45) is 0 Å². The molecule has 0 aromatic rings. The van der Waals surface area contributed by atoms with Gasteiger partial charge in [-0.3, -0.25) is 0 Å². The van der Waals surface area contributed by atoms with Crippen LogP contribution in [0.1, 0.15) is 12.8 Å². The monoisotopic (exact) mass is 118 g/mol. The third-order valence-electron chi connectivity index (χ3n) is 1.15. The van der Waals surface area contributed by atoms with Gasteiger partial charge in [-0.25, -0.2) is 0 Å². The van der Waals surface area contributed by atoms with Crippen LogP contribution in [0, 0.1) is 0 Å². The van der Waals surface area contributed by atoms with Gasteiger partial charge in [-0.1, -0.05) is 0 Å². The van der Waals surface area contributed by atoms with Crippen LogP contribution in [0.4, 0.5) is 0 Å². The molecule has 0 aromatic heterocycles. The molecule has 1 atom stereocenters. The summed E-state index contributed by atoms with van der Waals surface area (Å²) in [5, 5.41) is 0. The van der Waals surface area contributed by atoms with Gasteiger partial charge >= 0.3 is 0 Å². The Labute approximate surface area is 46.3 Å². The van der Waals surface area contributed by atoms with Crippen molar-refractivity contribution in [2.75, 3.05) is 6.61 Å². The average Bonchev–Trinajstić information content (AvgIpc) is 2.14. The van der Waals surface area contributed by atoms with Crippen LogP contribution >= 0.6 is 0 Å². The zero-order chi connectivity index (χ0) is 5.11. The number of hydrogen-bond acceptors (Lipinski definition) is 2. The second-order valence-corrected chi connectivity index (χ2v) is 2.15. The Balaban J connectivity index is 2.14. The Bertz CT molecular complexity index is 51.7. The molecule has 2 nitrogen and oxygen atoms in total. The topological polar surface area (TPSA) is 18.5 Å². The lowest BCUT2D eigenvalue weighted by Crippen LogP contribution is -2.06. The second-order valence-electron chi connectivity index (χ2n) is 1.68. The molecule has 0 N–H and O–H groups in total. The lowest BCUT2D eigenvalue weighted by molar-refractivity contribution is -0.0342. The molecule has 0 radical (unpaired) electrons. The van der Waals surface area contributed by atoms with Crippen LogP contribution in [-0.2, 0) is 9.16 Å². The Morgan fingerprint density at radius 3 is 2.86 bits per heavy atom. The molecule has 42 valence electrons. The Morgan fingerprint density at radius 1 is 1.71 bits per heavy atom.